The summed E-state index contributed by atoms with van der Waals surface area (Å²) in [6, 6.07) is 25.7. The van der Waals surface area contributed by atoms with Crippen LogP contribution in [0.2, 0.25) is 0 Å². The third-order valence-electron chi connectivity index (χ3n) is 5.09. The van der Waals surface area contributed by atoms with Crippen LogP contribution in [0.5, 0.6) is 0 Å². The second-order valence-corrected chi connectivity index (χ2v) is 8.24. The number of nitrogens with zero attached hydrogens (tertiary/aromatic N) is 4. The van der Waals surface area contributed by atoms with Gasteiger partial charge < -0.3 is 5.73 Å². The first kappa shape index (κ1) is 20.8. The molecule has 0 radical (unpaired) electrons. The molecule has 0 aliphatic heterocycles. The lowest BCUT2D eigenvalue weighted by Gasteiger charge is -2.10. The molecule has 0 aliphatic rings. The van der Waals surface area contributed by atoms with Crippen molar-refractivity contribution >= 4 is 28.6 Å². The third-order valence-corrected chi connectivity index (χ3v) is 6.07. The monoisotopic (exact) mass is 455 g/mol. The number of halogens is 1. The lowest BCUT2D eigenvalue weighted by atomic mass is 10.0. The summed E-state index contributed by atoms with van der Waals surface area (Å²) < 4.78 is 16.5. The van der Waals surface area contributed by atoms with Gasteiger partial charge in [-0.05, 0) is 12.1 Å². The number of hydrogen-bond acceptors (Lipinski definition) is 5. The van der Waals surface area contributed by atoms with E-state index in [1.54, 1.807) is 22.9 Å². The van der Waals surface area contributed by atoms with Crippen molar-refractivity contribution in [3.63, 3.8) is 0 Å². The molecule has 0 spiro atoms. The Balaban J connectivity index is 1.90. The Labute approximate surface area is 193 Å². The molecule has 6 nitrogen and oxygen atoms in total. The Morgan fingerprint density at radius 1 is 0.879 bits per heavy atom. The van der Waals surface area contributed by atoms with E-state index >= 15 is 0 Å². The van der Waals surface area contributed by atoms with Crippen LogP contribution in [0.25, 0.3) is 39.1 Å². The van der Waals surface area contributed by atoms with Gasteiger partial charge in [0.25, 0.3) is 0 Å². The number of thioether (sulfide) groups is 1. The van der Waals surface area contributed by atoms with E-state index in [4.69, 9.17) is 10.8 Å². The van der Waals surface area contributed by atoms with Gasteiger partial charge in [0.1, 0.15) is 27.7 Å². The van der Waals surface area contributed by atoms with E-state index in [0.29, 0.717) is 27.6 Å². The summed E-state index contributed by atoms with van der Waals surface area (Å²) in [4.78, 5) is 11.4. The van der Waals surface area contributed by atoms with Crippen LogP contribution in [-0.4, -0.2) is 31.6 Å². The van der Waals surface area contributed by atoms with Crippen molar-refractivity contribution in [1.82, 2.24) is 20.0 Å². The molecule has 0 fully saturated rings. The highest BCUT2D eigenvalue weighted by molar-refractivity contribution is 8.00. The van der Waals surface area contributed by atoms with Crippen LogP contribution in [0.1, 0.15) is 0 Å². The Bertz CT molecular complexity index is 1450. The highest BCUT2D eigenvalue weighted by Gasteiger charge is 2.24. The van der Waals surface area contributed by atoms with Crippen LogP contribution in [-0.2, 0) is 4.79 Å². The van der Waals surface area contributed by atoms with Gasteiger partial charge in [-0.15, -0.1) is 10.2 Å². The second-order valence-electron chi connectivity index (χ2n) is 7.28. The van der Waals surface area contributed by atoms with Crippen LogP contribution in [0.3, 0.4) is 0 Å². The number of aromatic nitrogens is 4. The van der Waals surface area contributed by atoms with E-state index in [9.17, 15) is 9.18 Å². The maximum absolute atomic E-state index is 14.9. The van der Waals surface area contributed by atoms with Crippen LogP contribution < -0.4 is 5.73 Å². The molecule has 5 rings (SSSR count). The van der Waals surface area contributed by atoms with Crippen LogP contribution in [0.4, 0.5) is 4.39 Å². The molecule has 162 valence electrons. The number of para-hydroxylation sites is 1. The zero-order chi connectivity index (χ0) is 22.8. The highest BCUT2D eigenvalue weighted by atomic mass is 32.2. The first-order chi connectivity index (χ1) is 16.1. The number of carbonyl (C=O) groups excluding carboxylic acids is 1. The molecule has 2 N–H and O–H groups in total. The minimum atomic E-state index is -0.473. The molecule has 5 aromatic rings. The fraction of sp³-hybridized carbons (Fsp3) is 0.0400. The Morgan fingerprint density at radius 2 is 1.52 bits per heavy atom. The molecule has 8 heteroatoms. The Morgan fingerprint density at radius 3 is 2.18 bits per heavy atom. The molecule has 0 saturated heterocycles. The summed E-state index contributed by atoms with van der Waals surface area (Å²) >= 11 is 1.16. The van der Waals surface area contributed by atoms with Crippen molar-refractivity contribution in [2.45, 2.75) is 5.03 Å². The lowest BCUT2D eigenvalue weighted by Crippen LogP contribution is -2.13. The van der Waals surface area contributed by atoms with E-state index in [2.05, 4.69) is 10.2 Å². The topological polar surface area (TPSA) is 86.7 Å². The van der Waals surface area contributed by atoms with E-state index in [1.165, 1.54) is 6.07 Å². The van der Waals surface area contributed by atoms with Gasteiger partial charge in [-0.1, -0.05) is 84.6 Å². The van der Waals surface area contributed by atoms with E-state index in [0.717, 1.165) is 28.3 Å². The number of amides is 1. The van der Waals surface area contributed by atoms with Gasteiger partial charge in [0.05, 0.1) is 16.8 Å². The first-order valence-corrected chi connectivity index (χ1v) is 11.2. The van der Waals surface area contributed by atoms with Crippen molar-refractivity contribution in [1.29, 1.82) is 0 Å². The minimum absolute atomic E-state index is 0.0295. The average Bonchev–Trinajstić information content (AvgIpc) is 3.24. The van der Waals surface area contributed by atoms with Crippen molar-refractivity contribution in [3.8, 4) is 28.2 Å². The average molecular weight is 456 g/mol. The molecule has 0 bridgehead atoms. The van der Waals surface area contributed by atoms with Crippen molar-refractivity contribution in [2.24, 2.45) is 5.73 Å². The summed E-state index contributed by atoms with van der Waals surface area (Å²) in [7, 11) is 0. The zero-order valence-electron chi connectivity index (χ0n) is 17.4. The predicted octanol–water partition coefficient (Wildman–Crippen LogP) is 4.87. The maximum Gasteiger partial charge on any atom is 0.227 e. The number of hydrogen-bond donors (Lipinski definition) is 1. The van der Waals surface area contributed by atoms with Crippen LogP contribution in [0.15, 0.2) is 90.0 Å². The van der Waals surface area contributed by atoms with Gasteiger partial charge >= 0.3 is 0 Å². The molecule has 0 atom stereocenters. The molecular weight excluding hydrogens is 437 g/mol. The number of nitrogens with two attached hydrogens (primary N) is 1. The number of primary amides is 1. The van der Waals surface area contributed by atoms with Gasteiger partial charge in [-0.2, -0.15) is 5.10 Å². The van der Waals surface area contributed by atoms with Crippen molar-refractivity contribution < 1.29 is 9.18 Å². The molecule has 33 heavy (non-hydrogen) atoms. The van der Waals surface area contributed by atoms with Gasteiger partial charge in [-0.3, -0.25) is 4.79 Å². The summed E-state index contributed by atoms with van der Waals surface area (Å²) in [6.07, 6.45) is 0. The number of rotatable bonds is 6. The minimum Gasteiger partial charge on any atom is -0.369 e. The SMILES string of the molecule is NC(=O)CSc1nnc(-c2ccccc2)c2c(-c3ccccc3)n(-c3ccccc3F)nc12. The van der Waals surface area contributed by atoms with Crippen LogP contribution >= 0.6 is 11.8 Å². The van der Waals surface area contributed by atoms with Crippen molar-refractivity contribution in [2.75, 3.05) is 5.75 Å². The predicted molar refractivity (Wildman–Crippen MR) is 127 cm³/mol. The largest absolute Gasteiger partial charge is 0.369 e. The highest BCUT2D eigenvalue weighted by Crippen LogP contribution is 2.39. The summed E-state index contributed by atoms with van der Waals surface area (Å²) in [5, 5.41) is 14.8. The van der Waals surface area contributed by atoms with Crippen molar-refractivity contribution in [3.05, 3.63) is 90.7 Å². The third kappa shape index (κ3) is 3.96. The number of fused-ring (bicyclic) bond motifs is 1. The normalized spacial score (nSPS) is 11.1. The first-order valence-electron chi connectivity index (χ1n) is 10.2. The molecule has 0 aliphatic carbocycles. The Hall–Kier alpha value is -4.04. The molecule has 2 heterocycles. The molecule has 0 unspecified atom stereocenters. The number of carbonyl (C=O) groups is 1. The quantitative estimate of drug-likeness (QED) is 0.369. The molecular formula is C25H18FN5OS. The van der Waals surface area contributed by atoms with E-state index < -0.39 is 11.7 Å². The number of benzene rings is 3. The molecule has 2 aromatic heterocycles. The van der Waals surface area contributed by atoms with Gasteiger partial charge in [-0.25, -0.2) is 9.07 Å². The Kier molecular flexibility index (Phi) is 5.58. The van der Waals surface area contributed by atoms with Crippen LogP contribution in [0, 0.1) is 5.82 Å². The second kappa shape index (κ2) is 8.84. The summed E-state index contributed by atoms with van der Waals surface area (Å²) in [6.45, 7) is 0. The fourth-order valence-electron chi connectivity index (χ4n) is 3.68. The van der Waals surface area contributed by atoms with Gasteiger partial charge in [0.2, 0.25) is 5.91 Å². The molecule has 3 aromatic carbocycles. The zero-order valence-corrected chi connectivity index (χ0v) is 18.2. The fourth-order valence-corrected chi connectivity index (χ4v) is 4.34. The van der Waals surface area contributed by atoms with Gasteiger partial charge in [0, 0.05) is 11.1 Å². The summed E-state index contributed by atoms with van der Waals surface area (Å²) in [5.41, 5.74) is 9.19. The van der Waals surface area contributed by atoms with E-state index in [-0.39, 0.29) is 5.75 Å². The smallest absolute Gasteiger partial charge is 0.227 e. The van der Waals surface area contributed by atoms with Gasteiger partial charge in [0.15, 0.2) is 0 Å². The maximum atomic E-state index is 14.9. The lowest BCUT2D eigenvalue weighted by molar-refractivity contribution is -0.115. The molecule has 0 saturated carbocycles. The molecule has 1 amide bonds. The summed E-state index contributed by atoms with van der Waals surface area (Å²) in [5.74, 6) is -0.850. The van der Waals surface area contributed by atoms with E-state index in [1.807, 2.05) is 60.7 Å². The standard InChI is InChI=1S/C25H18FN5OS/c26-18-13-7-8-14-19(18)31-24(17-11-5-2-6-12-17)21-22(16-9-3-1-4-10-16)28-29-25(23(21)30-31)33-15-20(27)32/h1-14H,15H2,(H2,27,32).